The lowest BCUT2D eigenvalue weighted by molar-refractivity contribution is -0.113. The van der Waals surface area contributed by atoms with Crippen molar-refractivity contribution in [2.24, 2.45) is 0 Å². The van der Waals surface area contributed by atoms with Gasteiger partial charge >= 0.3 is 0 Å². The van der Waals surface area contributed by atoms with Crippen LogP contribution >= 0.6 is 23.1 Å². The summed E-state index contributed by atoms with van der Waals surface area (Å²) in [5.41, 5.74) is 4.01. The maximum absolute atomic E-state index is 13.9. The number of nitrogens with zero attached hydrogens (tertiary/aromatic N) is 3. The van der Waals surface area contributed by atoms with Crippen molar-refractivity contribution in [3.8, 4) is 11.3 Å². The van der Waals surface area contributed by atoms with Crippen LogP contribution in [0.2, 0.25) is 0 Å². The smallest absolute Gasteiger partial charge is 0.258 e. The van der Waals surface area contributed by atoms with Crippen LogP contribution < -0.4 is 10.9 Å². The molecule has 166 valence electrons. The molecule has 5 rings (SSSR count). The van der Waals surface area contributed by atoms with Crippen molar-refractivity contribution in [2.45, 2.75) is 62.6 Å². The first-order valence-corrected chi connectivity index (χ1v) is 13.0. The second-order valence-corrected chi connectivity index (χ2v) is 10.4. The van der Waals surface area contributed by atoms with Crippen molar-refractivity contribution in [3.63, 3.8) is 0 Å². The van der Waals surface area contributed by atoms with Crippen LogP contribution in [0.3, 0.4) is 0 Å². The molecule has 1 amide bonds. The summed E-state index contributed by atoms with van der Waals surface area (Å²) in [4.78, 5) is 35.4. The molecule has 1 fully saturated rings. The van der Waals surface area contributed by atoms with E-state index in [2.05, 4.69) is 28.5 Å². The maximum Gasteiger partial charge on any atom is 0.258 e. The van der Waals surface area contributed by atoms with Gasteiger partial charge in [0.2, 0.25) is 5.91 Å². The number of hydrogen-bond donors (Lipinski definition) is 1. The molecule has 3 aromatic rings. The van der Waals surface area contributed by atoms with E-state index in [0.29, 0.717) is 16.8 Å². The van der Waals surface area contributed by atoms with Gasteiger partial charge in [-0.2, -0.15) is 0 Å². The van der Waals surface area contributed by atoms with Crippen molar-refractivity contribution < 1.29 is 4.79 Å². The van der Waals surface area contributed by atoms with Crippen LogP contribution in [0.5, 0.6) is 0 Å². The number of fused-ring (bicyclic) bond motifs is 4. The van der Waals surface area contributed by atoms with Crippen molar-refractivity contribution in [2.75, 3.05) is 11.1 Å². The highest BCUT2D eigenvalue weighted by Crippen LogP contribution is 2.48. The normalized spacial score (nSPS) is 16.4. The van der Waals surface area contributed by atoms with E-state index in [-0.39, 0.29) is 22.6 Å². The van der Waals surface area contributed by atoms with Gasteiger partial charge in [0.15, 0.2) is 10.3 Å². The second kappa shape index (κ2) is 8.83. The van der Waals surface area contributed by atoms with E-state index in [4.69, 9.17) is 4.98 Å². The molecular weight excluding hydrogens is 440 g/mol. The number of amides is 1. The average Bonchev–Trinajstić information content (AvgIpc) is 3.31. The second-order valence-electron chi connectivity index (χ2n) is 8.52. The molecule has 2 aromatic heterocycles. The molecule has 0 bridgehead atoms. The SMILES string of the molecule is CCn1c(SCC(=O)Nc2nccs2)nc2c(c1=O)C1(CCCCC1)Cc1ccccc1-2. The lowest BCUT2D eigenvalue weighted by Crippen LogP contribution is -2.43. The number of benzene rings is 1. The standard InChI is InChI=1S/C24H26N4O2S2/c1-2-28-21(30)19-20(27-23(28)32-15-18(29)26-22-25-12-13-31-22)17-9-5-4-8-16(17)14-24(19)10-6-3-7-11-24/h4-5,8-9,12-13H,2-3,6-7,10-11,14-15H2,1H3,(H,25,26,29). The van der Waals surface area contributed by atoms with E-state index in [1.54, 1.807) is 10.8 Å². The fraction of sp³-hybridized carbons (Fsp3) is 0.417. The fourth-order valence-corrected chi connectivity index (χ4v) is 6.58. The molecule has 2 aliphatic rings. The zero-order valence-corrected chi connectivity index (χ0v) is 19.7. The van der Waals surface area contributed by atoms with Gasteiger partial charge in [-0.15, -0.1) is 11.3 Å². The number of nitrogens with one attached hydrogen (secondary N) is 1. The van der Waals surface area contributed by atoms with Crippen LogP contribution in [-0.2, 0) is 23.2 Å². The minimum Gasteiger partial charge on any atom is -0.301 e. The summed E-state index contributed by atoms with van der Waals surface area (Å²) in [6.45, 7) is 2.51. The predicted octanol–water partition coefficient (Wildman–Crippen LogP) is 4.88. The van der Waals surface area contributed by atoms with Crippen molar-refractivity contribution in [3.05, 3.63) is 57.3 Å². The molecule has 2 aliphatic carbocycles. The molecule has 8 heteroatoms. The summed E-state index contributed by atoms with van der Waals surface area (Å²) in [6, 6.07) is 8.35. The molecule has 1 saturated carbocycles. The Morgan fingerprint density at radius 2 is 2.06 bits per heavy atom. The summed E-state index contributed by atoms with van der Waals surface area (Å²) < 4.78 is 1.75. The summed E-state index contributed by atoms with van der Waals surface area (Å²) in [5.74, 6) is 0.0288. The van der Waals surface area contributed by atoms with Crippen LogP contribution in [0.4, 0.5) is 5.13 Å². The number of aromatic nitrogens is 3. The van der Waals surface area contributed by atoms with E-state index in [1.807, 2.05) is 18.4 Å². The van der Waals surface area contributed by atoms with Gasteiger partial charge in [-0.25, -0.2) is 9.97 Å². The molecule has 0 atom stereocenters. The van der Waals surface area contributed by atoms with Crippen LogP contribution in [0, 0.1) is 0 Å². The summed E-state index contributed by atoms with van der Waals surface area (Å²) >= 11 is 2.70. The zero-order chi connectivity index (χ0) is 22.1. The Balaban J connectivity index is 1.55. The molecular formula is C24H26N4O2S2. The third-order valence-corrected chi connectivity index (χ3v) is 8.27. The van der Waals surface area contributed by atoms with Crippen LogP contribution in [-0.4, -0.2) is 26.2 Å². The van der Waals surface area contributed by atoms with Gasteiger partial charge in [0, 0.05) is 29.1 Å². The molecule has 0 unspecified atom stereocenters. The van der Waals surface area contributed by atoms with Gasteiger partial charge in [0.05, 0.1) is 17.0 Å². The minimum absolute atomic E-state index is 0.0664. The number of thiazole rings is 1. The molecule has 0 saturated heterocycles. The summed E-state index contributed by atoms with van der Waals surface area (Å²) in [7, 11) is 0. The van der Waals surface area contributed by atoms with Crippen molar-refractivity contribution in [1.29, 1.82) is 0 Å². The zero-order valence-electron chi connectivity index (χ0n) is 18.1. The molecule has 1 aromatic carbocycles. The first kappa shape index (κ1) is 21.4. The quantitative estimate of drug-likeness (QED) is 0.429. The van der Waals surface area contributed by atoms with E-state index in [1.165, 1.54) is 35.1 Å². The minimum atomic E-state index is -0.149. The number of carbonyl (C=O) groups excluding carboxylic acids is 1. The number of rotatable bonds is 5. The number of hydrogen-bond acceptors (Lipinski definition) is 6. The van der Waals surface area contributed by atoms with E-state index in [0.717, 1.165) is 48.9 Å². The molecule has 6 nitrogen and oxygen atoms in total. The highest BCUT2D eigenvalue weighted by atomic mass is 32.2. The first-order chi connectivity index (χ1) is 15.6. The first-order valence-electron chi connectivity index (χ1n) is 11.2. The number of thioether (sulfide) groups is 1. The van der Waals surface area contributed by atoms with Crippen LogP contribution in [0.25, 0.3) is 11.3 Å². The maximum atomic E-state index is 13.9. The Labute approximate surface area is 195 Å². The van der Waals surface area contributed by atoms with E-state index < -0.39 is 0 Å². The molecule has 0 radical (unpaired) electrons. The monoisotopic (exact) mass is 466 g/mol. The van der Waals surface area contributed by atoms with Gasteiger partial charge in [0.1, 0.15) is 0 Å². The lowest BCUT2D eigenvalue weighted by Gasteiger charge is -2.42. The van der Waals surface area contributed by atoms with Crippen molar-refractivity contribution in [1.82, 2.24) is 14.5 Å². The topological polar surface area (TPSA) is 76.9 Å². The Kier molecular flexibility index (Phi) is 5.90. The third kappa shape index (κ3) is 3.79. The number of carbonyl (C=O) groups is 1. The van der Waals surface area contributed by atoms with Gasteiger partial charge in [-0.05, 0) is 31.7 Å². The Hall–Kier alpha value is -2.45. The van der Waals surface area contributed by atoms with E-state index >= 15 is 0 Å². The molecule has 32 heavy (non-hydrogen) atoms. The van der Waals surface area contributed by atoms with Gasteiger partial charge in [-0.3, -0.25) is 14.2 Å². The predicted molar refractivity (Wildman–Crippen MR) is 130 cm³/mol. The summed E-state index contributed by atoms with van der Waals surface area (Å²) in [6.07, 6.45) is 8.19. The van der Waals surface area contributed by atoms with Crippen LogP contribution in [0.1, 0.15) is 50.2 Å². The van der Waals surface area contributed by atoms with Crippen molar-refractivity contribution >= 4 is 34.1 Å². The molecule has 0 aliphatic heterocycles. The Bertz CT molecular complexity index is 1200. The average molecular weight is 467 g/mol. The van der Waals surface area contributed by atoms with E-state index in [9.17, 15) is 9.59 Å². The highest BCUT2D eigenvalue weighted by Gasteiger charge is 2.43. The highest BCUT2D eigenvalue weighted by molar-refractivity contribution is 7.99. The fourth-order valence-electron chi connectivity index (χ4n) is 5.18. The lowest BCUT2D eigenvalue weighted by atomic mass is 9.62. The third-order valence-electron chi connectivity index (χ3n) is 6.60. The molecule has 1 spiro atoms. The van der Waals surface area contributed by atoms with Gasteiger partial charge in [-0.1, -0.05) is 55.3 Å². The molecule has 2 heterocycles. The Morgan fingerprint density at radius 3 is 2.81 bits per heavy atom. The van der Waals surface area contributed by atoms with Gasteiger partial charge in [0.25, 0.3) is 5.56 Å². The van der Waals surface area contributed by atoms with Crippen LogP contribution in [0.15, 0.2) is 45.8 Å². The Morgan fingerprint density at radius 1 is 1.25 bits per heavy atom. The molecule has 1 N–H and O–H groups in total. The number of anilines is 1. The largest absolute Gasteiger partial charge is 0.301 e. The summed E-state index contributed by atoms with van der Waals surface area (Å²) in [5, 5.41) is 5.81. The van der Waals surface area contributed by atoms with Gasteiger partial charge < -0.3 is 5.32 Å².